The van der Waals surface area contributed by atoms with Crippen LogP contribution in [0.4, 0.5) is 17.6 Å². The van der Waals surface area contributed by atoms with Crippen LogP contribution in [0.2, 0.25) is 0 Å². The summed E-state index contributed by atoms with van der Waals surface area (Å²) >= 11 is 0. The van der Waals surface area contributed by atoms with E-state index in [4.69, 9.17) is 0 Å². The summed E-state index contributed by atoms with van der Waals surface area (Å²) in [6.45, 7) is -0.275. The number of rotatable bonds is 10. The van der Waals surface area contributed by atoms with E-state index in [9.17, 15) is 32.3 Å². The molecule has 1 saturated heterocycles. The van der Waals surface area contributed by atoms with Gasteiger partial charge in [0.15, 0.2) is 0 Å². The molecule has 3 atom stereocenters. The Bertz CT molecular complexity index is 986. The van der Waals surface area contributed by atoms with Crippen molar-refractivity contribution in [2.45, 2.75) is 50.6 Å². The number of benzene rings is 2. The maximum absolute atomic E-state index is 14.3. The van der Waals surface area contributed by atoms with Crippen LogP contribution in [0.3, 0.4) is 0 Å². The first-order valence-electron chi connectivity index (χ1n) is 11.9. The fraction of sp³-hybridized carbons (Fsp3) is 0.462. The van der Waals surface area contributed by atoms with E-state index < -0.39 is 49.1 Å². The SMILES string of the molecule is O=C(NCc1ccccc1)C(C1CNCC(F)C1)N(CCC(F)(F)F)C(=O)CCc1ccc(O)cc1. The van der Waals surface area contributed by atoms with Crippen LogP contribution in [0.1, 0.15) is 30.4 Å². The molecule has 6 nitrogen and oxygen atoms in total. The highest BCUT2D eigenvalue weighted by Crippen LogP contribution is 2.26. The average molecular weight is 510 g/mol. The molecule has 3 rings (SSSR count). The molecule has 3 unspecified atom stereocenters. The Kier molecular flexibility index (Phi) is 9.69. The summed E-state index contributed by atoms with van der Waals surface area (Å²) in [5.74, 6) is -1.86. The molecule has 2 aromatic carbocycles. The normalized spacial score (nSPS) is 18.9. The van der Waals surface area contributed by atoms with E-state index in [0.717, 1.165) is 10.5 Å². The van der Waals surface area contributed by atoms with Crippen molar-refractivity contribution in [3.63, 3.8) is 0 Å². The molecule has 1 aliphatic rings. The van der Waals surface area contributed by atoms with E-state index in [-0.39, 0.29) is 44.6 Å². The molecular weight excluding hydrogens is 478 g/mol. The molecule has 10 heteroatoms. The number of aromatic hydroxyl groups is 1. The lowest BCUT2D eigenvalue weighted by molar-refractivity contribution is -0.154. The molecule has 1 aliphatic heterocycles. The largest absolute Gasteiger partial charge is 0.508 e. The number of hydrogen-bond acceptors (Lipinski definition) is 4. The Balaban J connectivity index is 1.82. The molecule has 0 aliphatic carbocycles. The van der Waals surface area contributed by atoms with E-state index in [2.05, 4.69) is 10.6 Å². The number of piperidine rings is 1. The van der Waals surface area contributed by atoms with Gasteiger partial charge in [-0.2, -0.15) is 13.2 Å². The van der Waals surface area contributed by atoms with Crippen molar-refractivity contribution in [3.05, 3.63) is 65.7 Å². The summed E-state index contributed by atoms with van der Waals surface area (Å²) < 4.78 is 53.8. The first kappa shape index (κ1) is 27.4. The average Bonchev–Trinajstić information content (AvgIpc) is 2.84. The minimum atomic E-state index is -4.53. The molecule has 0 aromatic heterocycles. The van der Waals surface area contributed by atoms with Crippen molar-refractivity contribution in [1.82, 2.24) is 15.5 Å². The first-order valence-corrected chi connectivity index (χ1v) is 11.9. The van der Waals surface area contributed by atoms with Crippen LogP contribution in [-0.2, 0) is 22.6 Å². The van der Waals surface area contributed by atoms with E-state index in [1.54, 1.807) is 36.4 Å². The number of nitrogens with one attached hydrogen (secondary N) is 2. The smallest absolute Gasteiger partial charge is 0.390 e. The number of phenols is 1. The lowest BCUT2D eigenvalue weighted by Crippen LogP contribution is -2.58. The molecule has 0 saturated carbocycles. The van der Waals surface area contributed by atoms with Gasteiger partial charge in [0.1, 0.15) is 18.0 Å². The van der Waals surface area contributed by atoms with Crippen molar-refractivity contribution >= 4 is 11.8 Å². The highest BCUT2D eigenvalue weighted by atomic mass is 19.4. The standard InChI is InChI=1S/C26H31F4N3O3/c27-21-14-20(16-31-17-21)24(25(36)32-15-19-4-2-1-3-5-19)33(13-12-26(28,29)30)23(35)11-8-18-6-9-22(34)10-7-18/h1-7,9-10,20-21,24,31,34H,8,11-17H2,(H,32,36). The predicted octanol–water partition coefficient (Wildman–Crippen LogP) is 3.74. The molecule has 0 bridgehead atoms. The highest BCUT2D eigenvalue weighted by Gasteiger charge is 2.40. The molecule has 36 heavy (non-hydrogen) atoms. The van der Waals surface area contributed by atoms with Gasteiger partial charge in [0.05, 0.1) is 6.42 Å². The van der Waals surface area contributed by atoms with E-state index in [1.807, 2.05) is 6.07 Å². The Morgan fingerprint density at radius 3 is 2.39 bits per heavy atom. The summed E-state index contributed by atoms with van der Waals surface area (Å²) in [6, 6.07) is 13.9. The fourth-order valence-corrected chi connectivity index (χ4v) is 4.38. The van der Waals surface area contributed by atoms with Crippen LogP contribution >= 0.6 is 0 Å². The van der Waals surface area contributed by atoms with E-state index >= 15 is 0 Å². The van der Waals surface area contributed by atoms with Gasteiger partial charge in [-0.15, -0.1) is 0 Å². The third kappa shape index (κ3) is 8.51. The van der Waals surface area contributed by atoms with Crippen LogP contribution < -0.4 is 10.6 Å². The van der Waals surface area contributed by atoms with Gasteiger partial charge in [-0.25, -0.2) is 4.39 Å². The van der Waals surface area contributed by atoms with Crippen molar-refractivity contribution in [2.24, 2.45) is 5.92 Å². The molecule has 2 amide bonds. The molecule has 0 radical (unpaired) electrons. The van der Waals surface area contributed by atoms with Gasteiger partial charge in [-0.1, -0.05) is 42.5 Å². The van der Waals surface area contributed by atoms with Crippen LogP contribution in [-0.4, -0.2) is 59.8 Å². The predicted molar refractivity (Wildman–Crippen MR) is 127 cm³/mol. The van der Waals surface area contributed by atoms with Gasteiger partial charge < -0.3 is 20.6 Å². The van der Waals surface area contributed by atoms with Crippen LogP contribution in [0.5, 0.6) is 5.75 Å². The zero-order chi connectivity index (χ0) is 26.1. The minimum absolute atomic E-state index is 0.0375. The molecule has 3 N–H and O–H groups in total. The third-order valence-corrected chi connectivity index (χ3v) is 6.21. The summed E-state index contributed by atoms with van der Waals surface area (Å²) in [4.78, 5) is 27.6. The molecule has 2 aromatic rings. The van der Waals surface area contributed by atoms with Crippen molar-refractivity contribution in [2.75, 3.05) is 19.6 Å². The summed E-state index contributed by atoms with van der Waals surface area (Å²) in [6.07, 6.45) is -7.04. The first-order chi connectivity index (χ1) is 17.1. The van der Waals surface area contributed by atoms with Crippen molar-refractivity contribution < 1.29 is 32.3 Å². The van der Waals surface area contributed by atoms with Gasteiger partial charge >= 0.3 is 6.18 Å². The number of alkyl halides is 4. The zero-order valence-electron chi connectivity index (χ0n) is 19.8. The number of amides is 2. The van der Waals surface area contributed by atoms with Gasteiger partial charge in [0, 0.05) is 38.5 Å². The molecular formula is C26H31F4N3O3. The summed E-state index contributed by atoms with van der Waals surface area (Å²) in [7, 11) is 0. The Labute approximate surface area is 207 Å². The number of aryl methyl sites for hydroxylation is 1. The van der Waals surface area contributed by atoms with E-state index in [0.29, 0.717) is 5.56 Å². The number of halogens is 4. The van der Waals surface area contributed by atoms with E-state index in [1.165, 1.54) is 12.1 Å². The summed E-state index contributed by atoms with van der Waals surface area (Å²) in [5.41, 5.74) is 1.50. The molecule has 1 fully saturated rings. The second-order valence-corrected chi connectivity index (χ2v) is 9.02. The van der Waals surface area contributed by atoms with Crippen molar-refractivity contribution in [3.8, 4) is 5.75 Å². The highest BCUT2D eigenvalue weighted by molar-refractivity contribution is 5.88. The van der Waals surface area contributed by atoms with Gasteiger partial charge in [0.25, 0.3) is 0 Å². The van der Waals surface area contributed by atoms with Crippen LogP contribution in [0.15, 0.2) is 54.6 Å². The maximum Gasteiger partial charge on any atom is 0.390 e. The Morgan fingerprint density at radius 2 is 1.75 bits per heavy atom. The number of phenolic OH excluding ortho intramolecular Hbond substituents is 1. The lowest BCUT2D eigenvalue weighted by atomic mass is 9.88. The number of carbonyl (C=O) groups excluding carboxylic acids is 2. The van der Waals surface area contributed by atoms with Crippen molar-refractivity contribution in [1.29, 1.82) is 0 Å². The monoisotopic (exact) mass is 509 g/mol. The summed E-state index contributed by atoms with van der Waals surface area (Å²) in [5, 5.41) is 15.1. The third-order valence-electron chi connectivity index (χ3n) is 6.21. The second kappa shape index (κ2) is 12.7. The number of hydrogen-bond donors (Lipinski definition) is 3. The van der Waals surface area contributed by atoms with Gasteiger partial charge in [-0.3, -0.25) is 9.59 Å². The number of nitrogens with zero attached hydrogens (tertiary/aromatic N) is 1. The minimum Gasteiger partial charge on any atom is -0.508 e. The van der Waals surface area contributed by atoms with Gasteiger partial charge in [0.2, 0.25) is 11.8 Å². The quantitative estimate of drug-likeness (QED) is 0.427. The zero-order valence-corrected chi connectivity index (χ0v) is 19.8. The Hall–Kier alpha value is -3.14. The molecule has 196 valence electrons. The lowest BCUT2D eigenvalue weighted by Gasteiger charge is -2.39. The topological polar surface area (TPSA) is 81.7 Å². The number of carbonyl (C=O) groups is 2. The van der Waals surface area contributed by atoms with Crippen LogP contribution in [0.25, 0.3) is 0 Å². The Morgan fingerprint density at radius 1 is 1.06 bits per heavy atom. The van der Waals surface area contributed by atoms with Gasteiger partial charge in [-0.05, 0) is 36.1 Å². The second-order valence-electron chi connectivity index (χ2n) is 9.02. The van der Waals surface area contributed by atoms with Crippen LogP contribution in [0, 0.1) is 5.92 Å². The molecule has 0 spiro atoms. The maximum atomic E-state index is 14.3. The fourth-order valence-electron chi connectivity index (χ4n) is 4.38. The molecule has 1 heterocycles.